The predicted octanol–water partition coefficient (Wildman–Crippen LogP) is 0.914. The standard InChI is InChI=1S/C15H19N3O3/c1-15(2,3)9-4-5-10(16-8-9)13(20)17-11-6-7-12(19)18-14(11)21/h4-5,8,11H,6-7H2,1-3H3,(H,17,20)(H,18,19,21). The SMILES string of the molecule is CC(C)(C)c1ccc(C(=O)NC2CCC(=O)NC2=O)nc1. The van der Waals surface area contributed by atoms with Crippen LogP contribution >= 0.6 is 0 Å². The molecule has 1 atom stereocenters. The second-order valence-corrected chi connectivity index (χ2v) is 6.16. The van der Waals surface area contributed by atoms with Crippen molar-refractivity contribution in [1.29, 1.82) is 0 Å². The fourth-order valence-electron chi connectivity index (χ4n) is 2.04. The molecule has 6 heteroatoms. The van der Waals surface area contributed by atoms with Crippen LogP contribution in [0.2, 0.25) is 0 Å². The number of nitrogens with one attached hydrogen (secondary N) is 2. The van der Waals surface area contributed by atoms with Gasteiger partial charge in [-0.2, -0.15) is 0 Å². The Morgan fingerprint density at radius 3 is 2.57 bits per heavy atom. The van der Waals surface area contributed by atoms with Gasteiger partial charge >= 0.3 is 0 Å². The number of carbonyl (C=O) groups is 3. The molecule has 1 saturated heterocycles. The molecule has 1 aromatic rings. The first-order valence-corrected chi connectivity index (χ1v) is 6.88. The van der Waals surface area contributed by atoms with Crippen molar-refractivity contribution >= 4 is 17.7 Å². The normalized spacial score (nSPS) is 19.1. The molecule has 21 heavy (non-hydrogen) atoms. The summed E-state index contributed by atoms with van der Waals surface area (Å²) in [6.07, 6.45) is 2.21. The summed E-state index contributed by atoms with van der Waals surface area (Å²) < 4.78 is 0. The van der Waals surface area contributed by atoms with Crippen molar-refractivity contribution in [2.45, 2.75) is 45.1 Å². The summed E-state index contributed by atoms with van der Waals surface area (Å²) in [7, 11) is 0. The molecule has 1 aliphatic heterocycles. The molecular weight excluding hydrogens is 270 g/mol. The van der Waals surface area contributed by atoms with Crippen LogP contribution < -0.4 is 10.6 Å². The van der Waals surface area contributed by atoms with Gasteiger partial charge in [0.1, 0.15) is 11.7 Å². The van der Waals surface area contributed by atoms with Gasteiger partial charge in [-0.05, 0) is 23.5 Å². The number of hydrogen-bond acceptors (Lipinski definition) is 4. The van der Waals surface area contributed by atoms with Gasteiger partial charge in [0, 0.05) is 12.6 Å². The maximum atomic E-state index is 12.1. The van der Waals surface area contributed by atoms with E-state index < -0.39 is 17.9 Å². The molecule has 2 rings (SSSR count). The zero-order chi connectivity index (χ0) is 15.6. The fourth-order valence-corrected chi connectivity index (χ4v) is 2.04. The van der Waals surface area contributed by atoms with Gasteiger partial charge in [-0.15, -0.1) is 0 Å². The molecule has 1 fully saturated rings. The molecule has 2 N–H and O–H groups in total. The minimum absolute atomic E-state index is 0.0361. The number of imide groups is 1. The Kier molecular flexibility index (Phi) is 4.06. The van der Waals surface area contributed by atoms with Crippen molar-refractivity contribution in [3.05, 3.63) is 29.6 Å². The molecule has 2 heterocycles. The molecule has 1 aromatic heterocycles. The van der Waals surface area contributed by atoms with Gasteiger partial charge < -0.3 is 5.32 Å². The number of aromatic nitrogens is 1. The van der Waals surface area contributed by atoms with E-state index in [1.54, 1.807) is 12.3 Å². The average Bonchev–Trinajstić information content (AvgIpc) is 2.41. The van der Waals surface area contributed by atoms with Crippen molar-refractivity contribution < 1.29 is 14.4 Å². The van der Waals surface area contributed by atoms with E-state index in [9.17, 15) is 14.4 Å². The van der Waals surface area contributed by atoms with E-state index in [1.807, 2.05) is 6.07 Å². The minimum atomic E-state index is -0.681. The largest absolute Gasteiger partial charge is 0.339 e. The second kappa shape index (κ2) is 5.63. The van der Waals surface area contributed by atoms with E-state index in [-0.39, 0.29) is 23.4 Å². The first-order chi connectivity index (χ1) is 9.77. The Morgan fingerprint density at radius 2 is 2.05 bits per heavy atom. The zero-order valence-corrected chi connectivity index (χ0v) is 12.4. The van der Waals surface area contributed by atoms with Gasteiger partial charge in [0.2, 0.25) is 11.8 Å². The maximum absolute atomic E-state index is 12.1. The molecule has 0 radical (unpaired) electrons. The smallest absolute Gasteiger partial charge is 0.270 e. The van der Waals surface area contributed by atoms with Crippen LogP contribution in [0.25, 0.3) is 0 Å². The van der Waals surface area contributed by atoms with Crippen LogP contribution in [0.4, 0.5) is 0 Å². The Hall–Kier alpha value is -2.24. The van der Waals surface area contributed by atoms with Crippen LogP contribution in [0.5, 0.6) is 0 Å². The Balaban J connectivity index is 2.04. The third-order valence-electron chi connectivity index (χ3n) is 3.41. The molecule has 6 nitrogen and oxygen atoms in total. The highest BCUT2D eigenvalue weighted by Crippen LogP contribution is 2.21. The number of nitrogens with zero attached hydrogens (tertiary/aromatic N) is 1. The molecule has 0 saturated carbocycles. The lowest BCUT2D eigenvalue weighted by atomic mass is 9.88. The molecule has 1 unspecified atom stereocenters. The number of amides is 3. The summed E-state index contributed by atoms with van der Waals surface area (Å²) in [4.78, 5) is 38.8. The fraction of sp³-hybridized carbons (Fsp3) is 0.467. The maximum Gasteiger partial charge on any atom is 0.270 e. The van der Waals surface area contributed by atoms with E-state index in [0.717, 1.165) is 5.56 Å². The highest BCUT2D eigenvalue weighted by Gasteiger charge is 2.28. The quantitative estimate of drug-likeness (QED) is 0.792. The van der Waals surface area contributed by atoms with Crippen molar-refractivity contribution in [1.82, 2.24) is 15.6 Å². The first kappa shape index (κ1) is 15.2. The molecular formula is C15H19N3O3. The molecule has 3 amide bonds. The monoisotopic (exact) mass is 289 g/mol. The van der Waals surface area contributed by atoms with Gasteiger partial charge in [-0.3, -0.25) is 24.7 Å². The summed E-state index contributed by atoms with van der Waals surface area (Å²) >= 11 is 0. The van der Waals surface area contributed by atoms with Crippen molar-refractivity contribution in [2.75, 3.05) is 0 Å². The number of carbonyl (C=O) groups excluding carboxylic acids is 3. The van der Waals surface area contributed by atoms with Crippen LogP contribution in [0, 0.1) is 0 Å². The summed E-state index contributed by atoms with van der Waals surface area (Å²) in [6.45, 7) is 6.19. The number of piperidine rings is 1. The Bertz CT molecular complexity index is 573. The summed E-state index contributed by atoms with van der Waals surface area (Å²) in [5.74, 6) is -1.19. The van der Waals surface area contributed by atoms with Gasteiger partial charge in [0.05, 0.1) is 0 Å². The number of rotatable bonds is 2. The Labute approximate surface area is 123 Å². The van der Waals surface area contributed by atoms with Gasteiger partial charge in [0.25, 0.3) is 5.91 Å². The molecule has 0 aromatic carbocycles. The van der Waals surface area contributed by atoms with Crippen LogP contribution in [0.15, 0.2) is 18.3 Å². The van der Waals surface area contributed by atoms with E-state index in [0.29, 0.717) is 6.42 Å². The van der Waals surface area contributed by atoms with Crippen LogP contribution in [0.3, 0.4) is 0 Å². The third kappa shape index (κ3) is 3.65. The summed E-state index contributed by atoms with van der Waals surface area (Å²) in [6, 6.07) is 2.81. The topological polar surface area (TPSA) is 88.2 Å². The summed E-state index contributed by atoms with van der Waals surface area (Å²) in [5.41, 5.74) is 1.25. The molecule has 0 bridgehead atoms. The highest BCUT2D eigenvalue weighted by atomic mass is 16.2. The molecule has 0 aliphatic carbocycles. The van der Waals surface area contributed by atoms with Crippen LogP contribution in [-0.2, 0) is 15.0 Å². The van der Waals surface area contributed by atoms with E-state index in [1.165, 1.54) is 0 Å². The zero-order valence-electron chi connectivity index (χ0n) is 12.4. The lowest BCUT2D eigenvalue weighted by molar-refractivity contribution is -0.134. The minimum Gasteiger partial charge on any atom is -0.339 e. The highest BCUT2D eigenvalue weighted by molar-refractivity contribution is 6.03. The van der Waals surface area contributed by atoms with E-state index in [2.05, 4.69) is 36.4 Å². The van der Waals surface area contributed by atoms with Crippen LogP contribution in [-0.4, -0.2) is 28.7 Å². The second-order valence-electron chi connectivity index (χ2n) is 6.16. The van der Waals surface area contributed by atoms with E-state index >= 15 is 0 Å². The van der Waals surface area contributed by atoms with Gasteiger partial charge in [-0.1, -0.05) is 26.8 Å². The van der Waals surface area contributed by atoms with E-state index in [4.69, 9.17) is 0 Å². The van der Waals surface area contributed by atoms with Crippen molar-refractivity contribution in [2.24, 2.45) is 0 Å². The Morgan fingerprint density at radius 1 is 1.33 bits per heavy atom. The number of pyridine rings is 1. The molecule has 112 valence electrons. The van der Waals surface area contributed by atoms with Crippen molar-refractivity contribution in [3.8, 4) is 0 Å². The average molecular weight is 289 g/mol. The molecule has 1 aliphatic rings. The van der Waals surface area contributed by atoms with Crippen LogP contribution in [0.1, 0.15) is 49.7 Å². The lowest BCUT2D eigenvalue weighted by Crippen LogP contribution is -2.52. The van der Waals surface area contributed by atoms with Gasteiger partial charge in [-0.25, -0.2) is 0 Å². The molecule has 0 spiro atoms. The summed E-state index contributed by atoms with van der Waals surface area (Å²) in [5, 5.41) is 4.80. The predicted molar refractivity (Wildman–Crippen MR) is 76.6 cm³/mol. The van der Waals surface area contributed by atoms with Gasteiger partial charge in [0.15, 0.2) is 0 Å². The first-order valence-electron chi connectivity index (χ1n) is 6.88. The van der Waals surface area contributed by atoms with Crippen molar-refractivity contribution in [3.63, 3.8) is 0 Å². The number of hydrogen-bond donors (Lipinski definition) is 2. The lowest BCUT2D eigenvalue weighted by Gasteiger charge is -2.22. The third-order valence-corrected chi connectivity index (χ3v) is 3.41.